The minimum absolute atomic E-state index is 0.261. The Morgan fingerprint density at radius 3 is 2.59 bits per heavy atom. The minimum atomic E-state index is -0.445. The van der Waals surface area contributed by atoms with Crippen LogP contribution in [0.5, 0.6) is 0 Å². The van der Waals surface area contributed by atoms with Gasteiger partial charge in [-0.3, -0.25) is 9.10 Å². The van der Waals surface area contributed by atoms with E-state index in [-0.39, 0.29) is 5.82 Å². The number of benzene rings is 2. The van der Waals surface area contributed by atoms with Crippen molar-refractivity contribution in [2.24, 2.45) is 5.73 Å². The Morgan fingerprint density at radius 2 is 1.93 bits per heavy atom. The molecule has 1 amide bonds. The summed E-state index contributed by atoms with van der Waals surface area (Å²) in [5, 5.41) is 1.06. The highest BCUT2D eigenvalue weighted by molar-refractivity contribution is 7.99. The Hall–Kier alpha value is -1.96. The van der Waals surface area contributed by atoms with Crippen LogP contribution in [-0.2, 0) is 0 Å². The highest BCUT2D eigenvalue weighted by Gasteiger charge is 2.24. The Kier molecular flexibility index (Phi) is 6.18. The zero-order valence-corrected chi connectivity index (χ0v) is 17.9. The van der Waals surface area contributed by atoms with Crippen LogP contribution >= 0.6 is 23.7 Å². The lowest BCUT2D eigenvalue weighted by atomic mass is 9.89. The topological polar surface area (TPSA) is 62.1 Å². The number of carbonyl (C=O) groups excluding carboxylic acids is 1. The molecule has 7 heteroatoms. The SMILES string of the molecule is CCSN1CCC(c2c[nH]c3c(C(N)=O)cc(Sc4ccc(F)cc4)cc23)CC1. The van der Waals surface area contributed by atoms with Crippen LogP contribution in [0.25, 0.3) is 10.9 Å². The van der Waals surface area contributed by atoms with Gasteiger partial charge in [-0.25, -0.2) is 4.39 Å². The number of piperidine rings is 1. The smallest absolute Gasteiger partial charge is 0.250 e. The first-order valence-corrected chi connectivity index (χ1v) is 11.6. The van der Waals surface area contributed by atoms with Crippen LogP contribution in [-0.4, -0.2) is 34.0 Å². The van der Waals surface area contributed by atoms with Crippen LogP contribution in [0, 0.1) is 5.82 Å². The van der Waals surface area contributed by atoms with Gasteiger partial charge in [-0.05, 0) is 60.7 Å². The molecule has 0 aliphatic carbocycles. The van der Waals surface area contributed by atoms with Crippen molar-refractivity contribution < 1.29 is 9.18 Å². The summed E-state index contributed by atoms with van der Waals surface area (Å²) < 4.78 is 15.7. The second kappa shape index (κ2) is 8.81. The zero-order valence-electron chi connectivity index (χ0n) is 16.3. The van der Waals surface area contributed by atoms with Crippen LogP contribution in [0.1, 0.15) is 41.6 Å². The molecule has 0 unspecified atom stereocenters. The monoisotopic (exact) mass is 429 g/mol. The van der Waals surface area contributed by atoms with Crippen molar-refractivity contribution in [2.45, 2.75) is 35.5 Å². The molecular weight excluding hydrogens is 405 g/mol. The average molecular weight is 430 g/mol. The summed E-state index contributed by atoms with van der Waals surface area (Å²) in [5.41, 5.74) is 8.23. The van der Waals surface area contributed by atoms with Crippen molar-refractivity contribution in [1.29, 1.82) is 0 Å². The highest BCUT2D eigenvalue weighted by atomic mass is 32.2. The van der Waals surface area contributed by atoms with Crippen LogP contribution in [0.4, 0.5) is 4.39 Å². The van der Waals surface area contributed by atoms with E-state index in [0.29, 0.717) is 11.5 Å². The van der Waals surface area contributed by atoms with Crippen molar-refractivity contribution in [2.75, 3.05) is 18.8 Å². The first-order chi connectivity index (χ1) is 14.0. The minimum Gasteiger partial charge on any atom is -0.366 e. The second-order valence-corrected chi connectivity index (χ2v) is 9.68. The van der Waals surface area contributed by atoms with Gasteiger partial charge in [0.2, 0.25) is 0 Å². The number of primary amides is 1. The number of nitrogens with one attached hydrogen (secondary N) is 1. The number of nitrogens with zero attached hydrogens (tertiary/aromatic N) is 1. The molecule has 0 atom stereocenters. The molecule has 4 nitrogen and oxygen atoms in total. The molecule has 1 saturated heterocycles. The summed E-state index contributed by atoms with van der Waals surface area (Å²) in [6.07, 6.45) is 4.24. The average Bonchev–Trinajstić information content (AvgIpc) is 3.14. The molecule has 0 radical (unpaired) electrons. The summed E-state index contributed by atoms with van der Waals surface area (Å²) in [6.45, 7) is 4.33. The number of carbonyl (C=O) groups is 1. The van der Waals surface area contributed by atoms with Crippen molar-refractivity contribution in [3.8, 4) is 0 Å². The number of rotatable bonds is 6. The van der Waals surface area contributed by atoms with Crippen molar-refractivity contribution in [3.63, 3.8) is 0 Å². The third kappa shape index (κ3) is 4.47. The van der Waals surface area contributed by atoms with Gasteiger partial charge in [-0.1, -0.05) is 30.6 Å². The van der Waals surface area contributed by atoms with Crippen LogP contribution in [0.2, 0.25) is 0 Å². The third-order valence-electron chi connectivity index (χ3n) is 5.32. The summed E-state index contributed by atoms with van der Waals surface area (Å²) in [7, 11) is 0. The highest BCUT2D eigenvalue weighted by Crippen LogP contribution is 2.38. The van der Waals surface area contributed by atoms with E-state index in [0.717, 1.165) is 52.4 Å². The van der Waals surface area contributed by atoms with Gasteiger partial charge in [0.05, 0.1) is 11.1 Å². The van der Waals surface area contributed by atoms with E-state index < -0.39 is 5.91 Å². The molecule has 152 valence electrons. The number of hydrogen-bond acceptors (Lipinski definition) is 4. The number of hydrogen-bond donors (Lipinski definition) is 2. The molecule has 0 saturated carbocycles. The lowest BCUT2D eigenvalue weighted by Crippen LogP contribution is -2.27. The van der Waals surface area contributed by atoms with Crippen LogP contribution < -0.4 is 5.73 Å². The Balaban J connectivity index is 1.67. The number of amides is 1. The van der Waals surface area contributed by atoms with E-state index >= 15 is 0 Å². The van der Waals surface area contributed by atoms with Gasteiger partial charge in [0.15, 0.2) is 0 Å². The maximum absolute atomic E-state index is 13.2. The van der Waals surface area contributed by atoms with E-state index in [1.807, 2.05) is 24.2 Å². The summed E-state index contributed by atoms with van der Waals surface area (Å²) in [5.74, 6) is 0.857. The van der Waals surface area contributed by atoms with Gasteiger partial charge in [-0.2, -0.15) is 0 Å². The molecule has 1 aliphatic rings. The molecule has 2 heterocycles. The molecule has 3 aromatic rings. The Bertz CT molecular complexity index is 1010. The van der Waals surface area contributed by atoms with Gasteiger partial charge >= 0.3 is 0 Å². The van der Waals surface area contributed by atoms with Crippen molar-refractivity contribution >= 4 is 40.5 Å². The molecule has 1 aliphatic heterocycles. The predicted molar refractivity (Wildman–Crippen MR) is 119 cm³/mol. The van der Waals surface area contributed by atoms with Gasteiger partial charge < -0.3 is 10.7 Å². The van der Waals surface area contributed by atoms with E-state index in [1.54, 1.807) is 12.1 Å². The first-order valence-electron chi connectivity index (χ1n) is 9.81. The first kappa shape index (κ1) is 20.3. The molecule has 4 rings (SSSR count). The molecule has 2 aromatic carbocycles. The molecule has 29 heavy (non-hydrogen) atoms. The van der Waals surface area contributed by atoms with Crippen LogP contribution in [0.15, 0.2) is 52.4 Å². The number of fused-ring (bicyclic) bond motifs is 1. The Labute approximate surface area is 178 Å². The maximum atomic E-state index is 13.2. The quantitative estimate of drug-likeness (QED) is 0.515. The van der Waals surface area contributed by atoms with Gasteiger partial charge in [0, 0.05) is 40.2 Å². The van der Waals surface area contributed by atoms with E-state index in [4.69, 9.17) is 5.73 Å². The fourth-order valence-electron chi connectivity index (χ4n) is 3.93. The Morgan fingerprint density at radius 1 is 1.21 bits per heavy atom. The number of aromatic nitrogens is 1. The summed E-state index contributed by atoms with van der Waals surface area (Å²) in [6, 6.07) is 10.3. The maximum Gasteiger partial charge on any atom is 0.250 e. The van der Waals surface area contributed by atoms with E-state index in [2.05, 4.69) is 22.3 Å². The normalized spacial score (nSPS) is 15.8. The summed E-state index contributed by atoms with van der Waals surface area (Å²) in [4.78, 5) is 17.2. The number of nitrogens with two attached hydrogens (primary N) is 1. The molecule has 1 fully saturated rings. The van der Waals surface area contributed by atoms with Crippen molar-refractivity contribution in [3.05, 3.63) is 59.5 Å². The van der Waals surface area contributed by atoms with Gasteiger partial charge in [-0.15, -0.1) is 0 Å². The summed E-state index contributed by atoms with van der Waals surface area (Å²) >= 11 is 3.41. The number of H-pyrrole nitrogens is 1. The number of halogens is 1. The second-order valence-electron chi connectivity index (χ2n) is 7.18. The lowest BCUT2D eigenvalue weighted by molar-refractivity contribution is 0.100. The van der Waals surface area contributed by atoms with Gasteiger partial charge in [0.1, 0.15) is 5.82 Å². The molecule has 1 aromatic heterocycles. The fraction of sp³-hybridized carbons (Fsp3) is 0.318. The van der Waals surface area contributed by atoms with Gasteiger partial charge in [0.25, 0.3) is 5.91 Å². The van der Waals surface area contributed by atoms with Crippen LogP contribution in [0.3, 0.4) is 0 Å². The largest absolute Gasteiger partial charge is 0.366 e. The molecule has 0 bridgehead atoms. The van der Waals surface area contributed by atoms with E-state index in [9.17, 15) is 9.18 Å². The molecule has 0 spiro atoms. The standard InChI is InChI=1S/C22H24FN3OS2/c1-2-28-26-9-7-14(8-10-26)20-13-25-21-18(20)11-17(12-19(21)22(24)27)29-16-5-3-15(23)4-6-16/h3-6,11-14,25H,2,7-10H2,1H3,(H2,24,27). The predicted octanol–water partition coefficient (Wildman–Crippen LogP) is 5.40. The number of aromatic amines is 1. The zero-order chi connectivity index (χ0) is 20.4. The third-order valence-corrected chi connectivity index (χ3v) is 7.28. The van der Waals surface area contributed by atoms with E-state index in [1.165, 1.54) is 29.5 Å². The molecule has 3 N–H and O–H groups in total. The van der Waals surface area contributed by atoms with Crippen molar-refractivity contribution in [1.82, 2.24) is 9.29 Å². The fourth-order valence-corrected chi connectivity index (χ4v) is 5.67. The molecular formula is C22H24FN3OS2. The lowest BCUT2D eigenvalue weighted by Gasteiger charge is -2.30.